The third-order valence-electron chi connectivity index (χ3n) is 4.47. The summed E-state index contributed by atoms with van der Waals surface area (Å²) in [5, 5.41) is 3.38. The van der Waals surface area contributed by atoms with Crippen LogP contribution in [-0.4, -0.2) is 21.7 Å². The predicted molar refractivity (Wildman–Crippen MR) is 105 cm³/mol. The number of nitrogens with one attached hydrogen (secondary N) is 1. The first-order chi connectivity index (χ1) is 12.8. The van der Waals surface area contributed by atoms with Gasteiger partial charge in [-0.1, -0.05) is 36.0 Å². The number of nitrogens with zero attached hydrogens (tertiary/aromatic N) is 1. The van der Waals surface area contributed by atoms with E-state index in [-0.39, 0.29) is 17.8 Å². The molecule has 1 saturated heterocycles. The Kier molecular flexibility index (Phi) is 5.32. The fourth-order valence-corrected chi connectivity index (χ4v) is 4.02. The van der Waals surface area contributed by atoms with Gasteiger partial charge in [0.15, 0.2) is 5.17 Å². The Balaban J connectivity index is 1.73. The molecule has 7 heteroatoms. The van der Waals surface area contributed by atoms with Crippen LogP contribution in [0, 0.1) is 5.82 Å². The Morgan fingerprint density at radius 1 is 1.22 bits per heavy atom. The highest BCUT2D eigenvalue weighted by Crippen LogP contribution is 2.36. The zero-order chi connectivity index (χ0) is 19.6. The Bertz CT molecular complexity index is 896. The number of benzene rings is 2. The summed E-state index contributed by atoms with van der Waals surface area (Å²) in [4.78, 5) is 28.2. The highest BCUT2D eigenvalue weighted by Gasteiger charge is 2.42. The predicted octanol–water partition coefficient (Wildman–Crippen LogP) is 3.21. The van der Waals surface area contributed by atoms with Gasteiger partial charge < -0.3 is 11.1 Å². The maximum absolute atomic E-state index is 13.1. The van der Waals surface area contributed by atoms with Crippen molar-refractivity contribution in [1.29, 1.82) is 0 Å². The van der Waals surface area contributed by atoms with E-state index in [1.54, 1.807) is 36.4 Å². The molecule has 1 fully saturated rings. The van der Waals surface area contributed by atoms with Gasteiger partial charge in [0, 0.05) is 5.56 Å². The number of amidine groups is 1. The van der Waals surface area contributed by atoms with Gasteiger partial charge in [0.25, 0.3) is 0 Å². The molecule has 140 valence electrons. The van der Waals surface area contributed by atoms with Crippen molar-refractivity contribution in [3.63, 3.8) is 0 Å². The van der Waals surface area contributed by atoms with Gasteiger partial charge in [0.1, 0.15) is 10.6 Å². The van der Waals surface area contributed by atoms with Gasteiger partial charge in [-0.25, -0.2) is 4.39 Å². The molecule has 2 amide bonds. The van der Waals surface area contributed by atoms with Gasteiger partial charge in [-0.2, -0.15) is 0 Å². The minimum Gasteiger partial charge on any atom is -0.366 e. The maximum Gasteiger partial charge on any atom is 0.248 e. The first-order valence-electron chi connectivity index (χ1n) is 8.49. The smallest absolute Gasteiger partial charge is 0.248 e. The van der Waals surface area contributed by atoms with Gasteiger partial charge in [0.05, 0.1) is 6.04 Å². The van der Waals surface area contributed by atoms with Crippen molar-refractivity contribution in [2.45, 2.75) is 31.1 Å². The number of halogens is 1. The van der Waals surface area contributed by atoms with Crippen LogP contribution in [0.2, 0.25) is 0 Å². The summed E-state index contributed by atoms with van der Waals surface area (Å²) in [7, 11) is 0. The molecule has 0 radical (unpaired) electrons. The maximum atomic E-state index is 13.1. The van der Waals surface area contributed by atoms with E-state index in [0.717, 1.165) is 11.1 Å². The van der Waals surface area contributed by atoms with Crippen LogP contribution >= 0.6 is 11.8 Å². The molecular formula is C20H20FN3O2S. The fraction of sp³-hybridized carbons (Fsp3) is 0.250. The van der Waals surface area contributed by atoms with Crippen molar-refractivity contribution in [1.82, 2.24) is 5.32 Å². The monoisotopic (exact) mass is 385 g/mol. The van der Waals surface area contributed by atoms with Gasteiger partial charge in [0.2, 0.25) is 11.8 Å². The number of hydrogen-bond donors (Lipinski definition) is 2. The molecule has 0 aliphatic carbocycles. The van der Waals surface area contributed by atoms with Crippen LogP contribution in [0.15, 0.2) is 53.5 Å². The molecule has 2 aromatic rings. The van der Waals surface area contributed by atoms with Crippen LogP contribution in [0.3, 0.4) is 0 Å². The summed E-state index contributed by atoms with van der Waals surface area (Å²) in [6.45, 7) is 3.76. The minimum atomic E-state index is -0.699. The van der Waals surface area contributed by atoms with E-state index in [1.165, 1.54) is 23.9 Å². The number of carbonyl (C=O) groups is 2. The number of aliphatic imine (C=N–C) groups is 1. The number of hydrogen-bond acceptors (Lipinski definition) is 4. The molecule has 1 aliphatic rings. The lowest BCUT2D eigenvalue weighted by molar-refractivity contribution is -0.121. The van der Waals surface area contributed by atoms with E-state index in [1.807, 2.05) is 13.8 Å². The standard InChI is InChI=1S/C20H20FN3O2S/c1-12(14-7-9-16(21)10-8-14)23-19-24-18(26)20(2,27-19)11-13-3-5-15(6-4-13)17(22)25/h3-10,12H,11H2,1-2H3,(H2,22,25)(H,23,24,26)/t12-,20?/m0/s1. The van der Waals surface area contributed by atoms with Gasteiger partial charge in [-0.05, 0) is 55.7 Å². The quantitative estimate of drug-likeness (QED) is 0.829. The first-order valence-corrected chi connectivity index (χ1v) is 9.31. The molecule has 2 aromatic carbocycles. The minimum absolute atomic E-state index is 0.114. The summed E-state index contributed by atoms with van der Waals surface area (Å²) in [6, 6.07) is 12.9. The van der Waals surface area contributed by atoms with E-state index < -0.39 is 10.7 Å². The second-order valence-corrected chi connectivity index (χ2v) is 8.18. The highest BCUT2D eigenvalue weighted by molar-refractivity contribution is 8.16. The normalized spacial score (nSPS) is 21.9. The molecule has 2 atom stereocenters. The van der Waals surface area contributed by atoms with Crippen molar-refractivity contribution in [3.05, 3.63) is 71.0 Å². The Morgan fingerprint density at radius 2 is 1.85 bits per heavy atom. The van der Waals surface area contributed by atoms with E-state index in [2.05, 4.69) is 10.3 Å². The average Bonchev–Trinajstić information content (AvgIpc) is 2.89. The van der Waals surface area contributed by atoms with Crippen LogP contribution in [0.1, 0.15) is 41.4 Å². The second kappa shape index (κ2) is 7.52. The molecule has 27 heavy (non-hydrogen) atoms. The Morgan fingerprint density at radius 3 is 2.44 bits per heavy atom. The van der Waals surface area contributed by atoms with Crippen molar-refractivity contribution < 1.29 is 14.0 Å². The summed E-state index contributed by atoms with van der Waals surface area (Å²) in [6.07, 6.45) is 0.493. The molecule has 1 heterocycles. The third-order valence-corrected chi connectivity index (χ3v) is 5.65. The number of nitrogens with two attached hydrogens (primary N) is 1. The van der Waals surface area contributed by atoms with Crippen molar-refractivity contribution in [3.8, 4) is 0 Å². The molecule has 3 rings (SSSR count). The molecule has 1 unspecified atom stereocenters. The number of rotatable bonds is 5. The summed E-state index contributed by atoms with van der Waals surface area (Å²) in [5.41, 5.74) is 7.48. The summed E-state index contributed by atoms with van der Waals surface area (Å²) >= 11 is 1.38. The topological polar surface area (TPSA) is 84.6 Å². The fourth-order valence-electron chi connectivity index (χ4n) is 2.86. The molecule has 0 saturated carbocycles. The van der Waals surface area contributed by atoms with E-state index >= 15 is 0 Å². The van der Waals surface area contributed by atoms with Crippen LogP contribution in [-0.2, 0) is 11.2 Å². The van der Waals surface area contributed by atoms with Crippen LogP contribution in [0.4, 0.5) is 4.39 Å². The summed E-state index contributed by atoms with van der Waals surface area (Å²) < 4.78 is 12.4. The first kappa shape index (κ1) is 19.1. The molecular weight excluding hydrogens is 365 g/mol. The second-order valence-electron chi connectivity index (χ2n) is 6.69. The number of thioether (sulfide) groups is 1. The van der Waals surface area contributed by atoms with Crippen molar-refractivity contribution >= 4 is 28.7 Å². The lowest BCUT2D eigenvalue weighted by atomic mass is 9.98. The van der Waals surface area contributed by atoms with Crippen LogP contribution in [0.5, 0.6) is 0 Å². The Labute approximate surface area is 161 Å². The number of amides is 2. The van der Waals surface area contributed by atoms with E-state index in [0.29, 0.717) is 17.2 Å². The number of primary amides is 1. The third kappa shape index (κ3) is 4.36. The molecule has 1 aliphatic heterocycles. The molecule has 5 nitrogen and oxygen atoms in total. The zero-order valence-electron chi connectivity index (χ0n) is 15.0. The molecule has 0 bridgehead atoms. The van der Waals surface area contributed by atoms with E-state index in [9.17, 15) is 14.0 Å². The zero-order valence-corrected chi connectivity index (χ0v) is 15.8. The highest BCUT2D eigenvalue weighted by atomic mass is 32.2. The van der Waals surface area contributed by atoms with Crippen LogP contribution in [0.25, 0.3) is 0 Å². The summed E-state index contributed by atoms with van der Waals surface area (Å²) in [5.74, 6) is -0.890. The van der Waals surface area contributed by atoms with Crippen molar-refractivity contribution in [2.75, 3.05) is 0 Å². The Hall–Kier alpha value is -2.67. The van der Waals surface area contributed by atoms with Gasteiger partial charge >= 0.3 is 0 Å². The largest absolute Gasteiger partial charge is 0.366 e. The van der Waals surface area contributed by atoms with Crippen molar-refractivity contribution in [2.24, 2.45) is 10.7 Å². The van der Waals surface area contributed by atoms with Gasteiger partial charge in [-0.15, -0.1) is 0 Å². The lowest BCUT2D eigenvalue weighted by Gasteiger charge is -2.18. The lowest BCUT2D eigenvalue weighted by Crippen LogP contribution is -2.35. The molecule has 0 spiro atoms. The number of carbonyl (C=O) groups excluding carboxylic acids is 2. The van der Waals surface area contributed by atoms with E-state index in [4.69, 9.17) is 5.73 Å². The molecule has 3 N–H and O–H groups in total. The van der Waals surface area contributed by atoms with Gasteiger partial charge in [-0.3, -0.25) is 14.6 Å². The average molecular weight is 385 g/mol. The van der Waals surface area contributed by atoms with Crippen LogP contribution < -0.4 is 11.1 Å². The molecule has 0 aromatic heterocycles. The SMILES string of the molecule is C[C@H](N=C1NC(=O)C(C)(Cc2ccc(C(N)=O)cc2)S1)c1ccc(F)cc1.